The zero-order valence-electron chi connectivity index (χ0n) is 26.2. The summed E-state index contributed by atoms with van der Waals surface area (Å²) < 4.78 is 53.3. The van der Waals surface area contributed by atoms with Gasteiger partial charge in [0.25, 0.3) is 5.56 Å². The first-order chi connectivity index (χ1) is 20.5. The van der Waals surface area contributed by atoms with Crippen molar-refractivity contribution in [3.05, 3.63) is 44.6 Å². The summed E-state index contributed by atoms with van der Waals surface area (Å²) in [6.07, 6.45) is 2.84. The summed E-state index contributed by atoms with van der Waals surface area (Å²) in [5.41, 5.74) is -1.18. The third kappa shape index (κ3) is 8.37. The molecule has 1 fully saturated rings. The van der Waals surface area contributed by atoms with Crippen LogP contribution in [0.25, 0.3) is 0 Å². The molecule has 1 aromatic rings. The summed E-state index contributed by atoms with van der Waals surface area (Å²) in [6.45, 7) is 12.5. The quantitative estimate of drug-likeness (QED) is 0.149. The van der Waals surface area contributed by atoms with Gasteiger partial charge in [0, 0.05) is 37.9 Å². The number of rotatable bonds is 19. The van der Waals surface area contributed by atoms with Crippen molar-refractivity contribution < 1.29 is 32.1 Å². The van der Waals surface area contributed by atoms with Crippen molar-refractivity contribution in [1.29, 1.82) is 5.26 Å². The van der Waals surface area contributed by atoms with E-state index in [-0.39, 0.29) is 25.1 Å². The second-order valence-electron chi connectivity index (χ2n) is 11.0. The Morgan fingerprint density at radius 1 is 1.21 bits per heavy atom. The fourth-order valence-corrected chi connectivity index (χ4v) is 9.34. The van der Waals surface area contributed by atoms with Crippen molar-refractivity contribution in [1.82, 2.24) is 14.2 Å². The monoisotopic (exact) mass is 644 g/mol. The predicted octanol–water partition coefficient (Wildman–Crippen LogP) is 5.55. The molecule has 43 heavy (non-hydrogen) atoms. The molecule has 0 radical (unpaired) electrons. The molecule has 0 amide bonds. The van der Waals surface area contributed by atoms with Crippen molar-refractivity contribution >= 4 is 16.1 Å². The average Bonchev–Trinajstić information content (AvgIpc) is 3.66. The van der Waals surface area contributed by atoms with E-state index in [4.69, 9.17) is 32.8 Å². The molecule has 0 bridgehead atoms. The molecule has 2 unspecified atom stereocenters. The summed E-state index contributed by atoms with van der Waals surface area (Å²) in [4.78, 5) is 26.8. The predicted molar refractivity (Wildman–Crippen MR) is 162 cm³/mol. The molecule has 3 atom stereocenters. The third-order valence-electron chi connectivity index (χ3n) is 7.33. The molecule has 242 valence electrons. The SMILES string of the molecule is CCOP(=O)(OCC)C1(CCCC2=C(OP(OCCC#N)N(C(C)C)C(C)C)C(OC)[C@H](n3ccc(=O)[nH]c3=O)O2)CC1. The number of ether oxygens (including phenoxy) is 2. The number of nitriles is 1. The van der Waals surface area contributed by atoms with E-state index >= 15 is 0 Å². The summed E-state index contributed by atoms with van der Waals surface area (Å²) >= 11 is 0. The fraction of sp³-hybridized carbons (Fsp3) is 0.750. The number of allylic oxidation sites excluding steroid dienone is 1. The topological polar surface area (TPSA) is 154 Å². The zero-order chi connectivity index (χ0) is 31.8. The maximum atomic E-state index is 13.6. The first kappa shape index (κ1) is 35.4. The molecule has 1 aliphatic carbocycles. The Morgan fingerprint density at radius 3 is 2.37 bits per heavy atom. The van der Waals surface area contributed by atoms with Gasteiger partial charge >= 0.3 is 21.8 Å². The van der Waals surface area contributed by atoms with Crippen LogP contribution in [0.2, 0.25) is 0 Å². The molecule has 1 aliphatic heterocycles. The Kier molecular flexibility index (Phi) is 13.0. The lowest BCUT2D eigenvalue weighted by Gasteiger charge is -2.36. The first-order valence-electron chi connectivity index (χ1n) is 14.9. The van der Waals surface area contributed by atoms with Gasteiger partial charge < -0.3 is 27.6 Å². The lowest BCUT2D eigenvalue weighted by Crippen LogP contribution is -2.37. The molecule has 0 saturated heterocycles. The number of nitrogens with one attached hydrogen (secondary N) is 1. The number of aromatic nitrogens is 2. The summed E-state index contributed by atoms with van der Waals surface area (Å²) in [5, 5.41) is 8.59. The second kappa shape index (κ2) is 15.8. The van der Waals surface area contributed by atoms with Gasteiger partial charge in [-0.3, -0.25) is 18.9 Å². The molecule has 1 aromatic heterocycles. The van der Waals surface area contributed by atoms with Crippen LogP contribution in [0.1, 0.15) is 86.3 Å². The highest BCUT2D eigenvalue weighted by atomic mass is 31.2. The lowest BCUT2D eigenvalue weighted by atomic mass is 10.1. The van der Waals surface area contributed by atoms with Crippen molar-refractivity contribution in [2.75, 3.05) is 26.9 Å². The molecule has 0 spiro atoms. The van der Waals surface area contributed by atoms with Gasteiger partial charge in [-0.2, -0.15) is 5.26 Å². The fourth-order valence-electron chi connectivity index (χ4n) is 5.29. The Bertz CT molecular complexity index is 1280. The third-order valence-corrected chi connectivity index (χ3v) is 12.4. The Balaban J connectivity index is 1.96. The van der Waals surface area contributed by atoms with Gasteiger partial charge in [0.15, 0.2) is 11.9 Å². The van der Waals surface area contributed by atoms with Crippen LogP contribution in [0.15, 0.2) is 33.4 Å². The molecule has 3 rings (SSSR count). The highest BCUT2D eigenvalue weighted by Crippen LogP contribution is 2.73. The van der Waals surface area contributed by atoms with E-state index in [1.165, 1.54) is 23.9 Å². The number of methoxy groups -OCH3 is 1. The van der Waals surface area contributed by atoms with Gasteiger partial charge in [-0.15, -0.1) is 0 Å². The highest BCUT2D eigenvalue weighted by molar-refractivity contribution is 7.56. The van der Waals surface area contributed by atoms with Crippen LogP contribution >= 0.6 is 16.1 Å². The molecule has 1 saturated carbocycles. The van der Waals surface area contributed by atoms with E-state index in [0.717, 1.165) is 12.8 Å². The number of hydrogen-bond donors (Lipinski definition) is 1. The lowest BCUT2D eigenvalue weighted by molar-refractivity contribution is -0.0342. The van der Waals surface area contributed by atoms with Gasteiger partial charge in [-0.1, -0.05) is 0 Å². The average molecular weight is 645 g/mol. The Hall–Kier alpha value is -2.03. The van der Waals surface area contributed by atoms with Crippen LogP contribution in [-0.2, 0) is 32.1 Å². The first-order valence-corrected chi connectivity index (χ1v) is 17.5. The summed E-state index contributed by atoms with van der Waals surface area (Å²) in [6, 6.07) is 3.45. The van der Waals surface area contributed by atoms with Gasteiger partial charge in [-0.25, -0.2) is 9.46 Å². The van der Waals surface area contributed by atoms with Gasteiger partial charge in [0.2, 0.25) is 6.23 Å². The van der Waals surface area contributed by atoms with Gasteiger partial charge in [-0.05, 0) is 67.2 Å². The van der Waals surface area contributed by atoms with E-state index < -0.39 is 44.9 Å². The Labute approximate surface area is 254 Å². The number of hydrogen-bond acceptors (Lipinski definition) is 11. The summed E-state index contributed by atoms with van der Waals surface area (Å²) in [5.74, 6) is 0.847. The van der Waals surface area contributed by atoms with E-state index in [1.54, 1.807) is 13.8 Å². The molecular weight excluding hydrogens is 598 g/mol. The van der Waals surface area contributed by atoms with Gasteiger partial charge in [0.05, 0.1) is 37.5 Å². The van der Waals surface area contributed by atoms with Crippen LogP contribution in [0, 0.1) is 11.3 Å². The molecule has 13 nitrogen and oxygen atoms in total. The van der Waals surface area contributed by atoms with Crippen molar-refractivity contribution in [3.8, 4) is 6.07 Å². The molecule has 2 heterocycles. The Morgan fingerprint density at radius 2 is 1.86 bits per heavy atom. The van der Waals surface area contributed by atoms with Crippen LogP contribution in [0.5, 0.6) is 0 Å². The van der Waals surface area contributed by atoms with E-state index in [0.29, 0.717) is 44.0 Å². The smallest absolute Gasteiger partial charge is 0.336 e. The van der Waals surface area contributed by atoms with Crippen molar-refractivity contribution in [2.45, 2.75) is 110 Å². The van der Waals surface area contributed by atoms with Crippen LogP contribution in [0.3, 0.4) is 0 Å². The normalized spacial score (nSPS) is 20.5. The summed E-state index contributed by atoms with van der Waals surface area (Å²) in [7, 11) is -3.51. The zero-order valence-corrected chi connectivity index (χ0v) is 28.0. The minimum absolute atomic E-state index is 0.0548. The maximum absolute atomic E-state index is 13.6. The molecule has 2 aliphatic rings. The van der Waals surface area contributed by atoms with E-state index in [2.05, 4.69) is 15.7 Å². The minimum Gasteiger partial charge on any atom is -0.467 e. The van der Waals surface area contributed by atoms with E-state index in [1.807, 2.05) is 27.7 Å². The van der Waals surface area contributed by atoms with Gasteiger partial charge in [0.1, 0.15) is 5.76 Å². The van der Waals surface area contributed by atoms with Crippen LogP contribution < -0.4 is 11.2 Å². The van der Waals surface area contributed by atoms with E-state index in [9.17, 15) is 14.2 Å². The number of nitrogens with zero attached hydrogens (tertiary/aromatic N) is 3. The highest BCUT2D eigenvalue weighted by Gasteiger charge is 2.59. The standard InChI is InChI=1S/C28H46N4O9P2/c1-8-38-43(35,39-9-2)28(15-16-28)14-10-12-22-24(41-42(37-19-11-17-29)32(20(3)4)21(5)6)25(36-7)26(40-22)31-18-13-23(33)30-27(31)34/h13,18,20-21,25-26H,8-12,14-16,19H2,1-7H3,(H,30,33,34)/t25?,26-,42?/m1/s1. The van der Waals surface area contributed by atoms with Crippen molar-refractivity contribution in [3.63, 3.8) is 0 Å². The van der Waals surface area contributed by atoms with Crippen molar-refractivity contribution in [2.24, 2.45) is 0 Å². The van der Waals surface area contributed by atoms with Crippen LogP contribution in [-0.4, -0.2) is 64.5 Å². The van der Waals surface area contributed by atoms with Crippen LogP contribution in [0.4, 0.5) is 0 Å². The largest absolute Gasteiger partial charge is 0.467 e. The molecule has 0 aromatic carbocycles. The minimum atomic E-state index is -3.29. The maximum Gasteiger partial charge on any atom is 0.336 e. The molecule has 15 heteroatoms. The molecule has 1 N–H and O–H groups in total. The number of H-pyrrole nitrogens is 1. The molecular formula is C28H46N4O9P2. The second-order valence-corrected chi connectivity index (χ2v) is 14.9. The number of aromatic amines is 1.